The van der Waals surface area contributed by atoms with E-state index in [-0.39, 0.29) is 18.4 Å². The minimum absolute atomic E-state index is 0.0860. The Morgan fingerprint density at radius 1 is 1.03 bits per heavy atom. The summed E-state index contributed by atoms with van der Waals surface area (Å²) in [7, 11) is 0. The number of carbonyl (C=O) groups excluding carboxylic acids is 3. The summed E-state index contributed by atoms with van der Waals surface area (Å²) < 4.78 is 5.48. The molecule has 0 heterocycles. The van der Waals surface area contributed by atoms with Crippen LogP contribution >= 0.6 is 0 Å². The molecule has 3 rings (SSSR count). The lowest BCUT2D eigenvalue weighted by molar-refractivity contribution is -0.304. The van der Waals surface area contributed by atoms with Gasteiger partial charge in [0.2, 0.25) is 5.91 Å². The molecule has 0 fully saturated rings. The lowest BCUT2D eigenvalue weighted by Gasteiger charge is -2.24. The number of aliphatic carboxylic acids is 1. The van der Waals surface area contributed by atoms with Gasteiger partial charge in [-0.2, -0.15) is 0 Å². The number of carboxylic acids is 1. The standard InChI is InChI=1S/C23H26N2O5/c1-3-14(2)21(22(28)24-12-20(26)27)25-23(29)30-13-19-17-10-6-4-8-15(17)16-9-5-7-11-18(16)19/h4-11,14,19,21H,3,12-13H2,1-2H3,(H,24,28)(H,25,29)(H,26,27)/p-1/t14-,21-/m0/s1. The molecular formula is C23H25N2O5-. The monoisotopic (exact) mass is 409 g/mol. The Morgan fingerprint density at radius 2 is 1.60 bits per heavy atom. The molecule has 1 aliphatic carbocycles. The SMILES string of the molecule is CC[C@H](C)[C@H](NC(=O)OCC1c2ccccc2-c2ccccc21)C(=O)NCC(=O)[O-]. The Morgan fingerprint density at radius 3 is 2.13 bits per heavy atom. The van der Waals surface area contributed by atoms with Crippen molar-refractivity contribution in [3.63, 3.8) is 0 Å². The molecule has 7 heteroatoms. The first-order valence-corrected chi connectivity index (χ1v) is 10.0. The largest absolute Gasteiger partial charge is 0.548 e. The second-order valence-corrected chi connectivity index (χ2v) is 7.42. The van der Waals surface area contributed by atoms with Crippen LogP contribution in [-0.2, 0) is 14.3 Å². The van der Waals surface area contributed by atoms with Gasteiger partial charge >= 0.3 is 6.09 Å². The number of rotatable bonds is 8. The molecule has 7 nitrogen and oxygen atoms in total. The first kappa shape index (κ1) is 21.4. The molecule has 0 aliphatic heterocycles. The molecule has 158 valence electrons. The number of carboxylic acid groups (broad SMARTS) is 1. The van der Waals surface area contributed by atoms with E-state index in [0.717, 1.165) is 22.3 Å². The van der Waals surface area contributed by atoms with E-state index in [9.17, 15) is 19.5 Å². The van der Waals surface area contributed by atoms with Gasteiger partial charge in [0, 0.05) is 5.92 Å². The molecule has 0 saturated carbocycles. The molecule has 30 heavy (non-hydrogen) atoms. The molecule has 0 saturated heterocycles. The Kier molecular flexibility index (Phi) is 6.72. The molecule has 0 aromatic heterocycles. The zero-order valence-electron chi connectivity index (χ0n) is 17.0. The van der Waals surface area contributed by atoms with Gasteiger partial charge in [-0.3, -0.25) is 4.79 Å². The lowest BCUT2D eigenvalue weighted by Crippen LogP contribution is -2.52. The van der Waals surface area contributed by atoms with E-state index in [1.807, 2.05) is 43.3 Å². The van der Waals surface area contributed by atoms with Gasteiger partial charge in [0.1, 0.15) is 12.6 Å². The number of ether oxygens (including phenoxy) is 1. The minimum Gasteiger partial charge on any atom is -0.548 e. The van der Waals surface area contributed by atoms with Crippen LogP contribution in [0.1, 0.15) is 37.3 Å². The van der Waals surface area contributed by atoms with Gasteiger partial charge in [0.05, 0.1) is 12.5 Å². The fourth-order valence-electron chi connectivity index (χ4n) is 3.74. The lowest BCUT2D eigenvalue weighted by atomic mass is 9.98. The smallest absolute Gasteiger partial charge is 0.407 e. The van der Waals surface area contributed by atoms with Crippen LogP contribution in [0, 0.1) is 5.92 Å². The number of hydrogen-bond acceptors (Lipinski definition) is 5. The number of carbonyl (C=O) groups is 3. The molecule has 0 radical (unpaired) electrons. The van der Waals surface area contributed by atoms with Crippen molar-refractivity contribution in [2.45, 2.75) is 32.2 Å². The van der Waals surface area contributed by atoms with Gasteiger partial charge in [0.25, 0.3) is 0 Å². The van der Waals surface area contributed by atoms with Gasteiger partial charge in [-0.25, -0.2) is 4.79 Å². The summed E-state index contributed by atoms with van der Waals surface area (Å²) in [6.07, 6.45) is -0.0988. The van der Waals surface area contributed by atoms with Crippen molar-refractivity contribution in [1.29, 1.82) is 0 Å². The fraction of sp³-hybridized carbons (Fsp3) is 0.348. The van der Waals surface area contributed by atoms with Crippen molar-refractivity contribution in [1.82, 2.24) is 10.6 Å². The maximum Gasteiger partial charge on any atom is 0.407 e. The Hall–Kier alpha value is -3.35. The summed E-state index contributed by atoms with van der Waals surface area (Å²) in [4.78, 5) is 35.4. The third-order valence-electron chi connectivity index (χ3n) is 5.52. The van der Waals surface area contributed by atoms with E-state index in [1.54, 1.807) is 6.92 Å². The summed E-state index contributed by atoms with van der Waals surface area (Å²) in [5.41, 5.74) is 4.44. The van der Waals surface area contributed by atoms with E-state index >= 15 is 0 Å². The van der Waals surface area contributed by atoms with Crippen LogP contribution in [-0.4, -0.2) is 37.2 Å². The third kappa shape index (κ3) is 4.62. The van der Waals surface area contributed by atoms with Gasteiger partial charge in [-0.15, -0.1) is 0 Å². The second kappa shape index (κ2) is 9.43. The van der Waals surface area contributed by atoms with E-state index < -0.39 is 30.6 Å². The average Bonchev–Trinajstić information content (AvgIpc) is 3.07. The molecule has 2 aromatic carbocycles. The maximum atomic E-state index is 12.5. The minimum atomic E-state index is -1.40. The number of nitrogens with one attached hydrogen (secondary N) is 2. The van der Waals surface area contributed by atoms with Crippen molar-refractivity contribution in [2.24, 2.45) is 5.92 Å². The van der Waals surface area contributed by atoms with Crippen LogP contribution in [0.15, 0.2) is 48.5 Å². The first-order chi connectivity index (χ1) is 14.4. The number of alkyl carbamates (subject to hydrolysis) is 1. The first-order valence-electron chi connectivity index (χ1n) is 10.0. The van der Waals surface area contributed by atoms with Gasteiger partial charge in [-0.05, 0) is 28.2 Å². The highest BCUT2D eigenvalue weighted by molar-refractivity contribution is 5.88. The van der Waals surface area contributed by atoms with Gasteiger partial charge in [-0.1, -0.05) is 68.8 Å². The van der Waals surface area contributed by atoms with Crippen molar-refractivity contribution >= 4 is 18.0 Å². The molecule has 2 aromatic rings. The molecule has 2 amide bonds. The molecular weight excluding hydrogens is 384 g/mol. The van der Waals surface area contributed by atoms with Crippen molar-refractivity contribution in [3.8, 4) is 11.1 Å². The maximum absolute atomic E-state index is 12.5. The highest BCUT2D eigenvalue weighted by Crippen LogP contribution is 2.44. The van der Waals surface area contributed by atoms with Crippen LogP contribution in [0.3, 0.4) is 0 Å². The van der Waals surface area contributed by atoms with Crippen molar-refractivity contribution < 1.29 is 24.2 Å². The quantitative estimate of drug-likeness (QED) is 0.691. The Labute approximate surface area is 175 Å². The molecule has 0 spiro atoms. The summed E-state index contributed by atoms with van der Waals surface area (Å²) in [5.74, 6) is -2.27. The number of benzene rings is 2. The van der Waals surface area contributed by atoms with Crippen LogP contribution in [0.25, 0.3) is 11.1 Å². The number of amides is 2. The third-order valence-corrected chi connectivity index (χ3v) is 5.52. The van der Waals surface area contributed by atoms with E-state index in [0.29, 0.717) is 6.42 Å². The Balaban J connectivity index is 1.67. The van der Waals surface area contributed by atoms with Crippen LogP contribution < -0.4 is 15.7 Å². The highest BCUT2D eigenvalue weighted by Gasteiger charge is 2.30. The summed E-state index contributed by atoms with van der Waals surface area (Å²) in [6.45, 7) is 3.20. The topological polar surface area (TPSA) is 108 Å². The van der Waals surface area contributed by atoms with Crippen molar-refractivity contribution in [3.05, 3.63) is 59.7 Å². The van der Waals surface area contributed by atoms with Crippen LogP contribution in [0.2, 0.25) is 0 Å². The van der Waals surface area contributed by atoms with E-state index in [2.05, 4.69) is 22.8 Å². The zero-order chi connectivity index (χ0) is 21.7. The molecule has 2 atom stereocenters. The number of hydrogen-bond donors (Lipinski definition) is 2. The average molecular weight is 409 g/mol. The predicted molar refractivity (Wildman–Crippen MR) is 109 cm³/mol. The molecule has 2 N–H and O–H groups in total. The normalized spacial score (nSPS) is 14.2. The second-order valence-electron chi connectivity index (χ2n) is 7.42. The molecule has 0 bridgehead atoms. The Bertz CT molecular complexity index is 897. The summed E-state index contributed by atoms with van der Waals surface area (Å²) >= 11 is 0. The van der Waals surface area contributed by atoms with Gasteiger partial charge < -0.3 is 25.3 Å². The van der Waals surface area contributed by atoms with Gasteiger partial charge in [0.15, 0.2) is 0 Å². The fourth-order valence-corrected chi connectivity index (χ4v) is 3.74. The summed E-state index contributed by atoms with van der Waals surface area (Å²) in [6, 6.07) is 15.1. The zero-order valence-corrected chi connectivity index (χ0v) is 17.0. The predicted octanol–water partition coefficient (Wildman–Crippen LogP) is 1.81. The molecule has 0 unspecified atom stereocenters. The highest BCUT2D eigenvalue weighted by atomic mass is 16.5. The number of fused-ring (bicyclic) bond motifs is 3. The summed E-state index contributed by atoms with van der Waals surface area (Å²) in [5, 5.41) is 15.4. The van der Waals surface area contributed by atoms with Crippen LogP contribution in [0.4, 0.5) is 4.79 Å². The van der Waals surface area contributed by atoms with E-state index in [4.69, 9.17) is 4.74 Å². The van der Waals surface area contributed by atoms with E-state index in [1.165, 1.54) is 0 Å². The molecule has 1 aliphatic rings. The van der Waals surface area contributed by atoms with Crippen molar-refractivity contribution in [2.75, 3.05) is 13.2 Å². The van der Waals surface area contributed by atoms with Crippen LogP contribution in [0.5, 0.6) is 0 Å².